The molecule has 7 nitrogen and oxygen atoms in total. The molecule has 5 fully saturated rings. The summed E-state index contributed by atoms with van der Waals surface area (Å²) in [6, 6.07) is 1.60. The molecule has 4 saturated carbocycles. The molecular weight excluding hydrogens is 358 g/mol. The van der Waals surface area contributed by atoms with Crippen LogP contribution in [0.2, 0.25) is 0 Å². The minimum absolute atomic E-state index is 0.0395. The Balaban J connectivity index is 1.33. The van der Waals surface area contributed by atoms with Gasteiger partial charge in [0.1, 0.15) is 12.8 Å². The molecule has 0 aromatic carbocycles. The van der Waals surface area contributed by atoms with E-state index >= 15 is 0 Å². The van der Waals surface area contributed by atoms with Crippen molar-refractivity contribution in [1.82, 2.24) is 10.1 Å². The summed E-state index contributed by atoms with van der Waals surface area (Å²) in [6.07, 6.45) is 10.3. The predicted octanol–water partition coefficient (Wildman–Crippen LogP) is 2.84. The number of nitrogens with one attached hydrogen (secondary N) is 1. The maximum Gasteiger partial charge on any atom is 0.245 e. The van der Waals surface area contributed by atoms with Gasteiger partial charge in [-0.2, -0.15) is 0 Å². The average Bonchev–Trinajstić information content (AvgIpc) is 3.33. The predicted molar refractivity (Wildman–Crippen MR) is 101 cm³/mol. The van der Waals surface area contributed by atoms with Gasteiger partial charge in [-0.1, -0.05) is 5.16 Å². The molecule has 2 heterocycles. The molecule has 4 bridgehead atoms. The third-order valence-electron chi connectivity index (χ3n) is 7.27. The van der Waals surface area contributed by atoms with Gasteiger partial charge in [-0.25, -0.2) is 0 Å². The Kier molecular flexibility index (Phi) is 4.65. The van der Waals surface area contributed by atoms with Crippen LogP contribution in [-0.2, 0) is 14.3 Å². The molecule has 1 saturated heterocycles. The van der Waals surface area contributed by atoms with Gasteiger partial charge in [0.15, 0.2) is 5.82 Å². The van der Waals surface area contributed by atoms with Gasteiger partial charge in [-0.05, 0) is 69.1 Å². The molecule has 1 unspecified atom stereocenters. The SMILES string of the molecule is O=C(CN(CC1CCCO1)C(=O)C12CC3CC(CC(C3)C1)C2)Nc1ccon1. The Morgan fingerprint density at radius 1 is 1.18 bits per heavy atom. The summed E-state index contributed by atoms with van der Waals surface area (Å²) >= 11 is 0. The van der Waals surface area contributed by atoms with Crippen molar-refractivity contribution in [3.8, 4) is 0 Å². The second kappa shape index (κ2) is 7.17. The number of hydrogen-bond acceptors (Lipinski definition) is 5. The summed E-state index contributed by atoms with van der Waals surface area (Å²) in [6.45, 7) is 1.30. The van der Waals surface area contributed by atoms with Crippen LogP contribution in [0, 0.1) is 23.2 Å². The molecule has 0 radical (unpaired) electrons. The molecule has 1 aromatic heterocycles. The Bertz CT molecular complexity index is 691. The first-order chi connectivity index (χ1) is 13.6. The molecular formula is C21H29N3O4. The fraction of sp³-hybridized carbons (Fsp3) is 0.762. The normalized spacial score (nSPS) is 35.9. The summed E-state index contributed by atoms with van der Waals surface area (Å²) < 4.78 is 10.6. The molecule has 7 heteroatoms. The molecule has 28 heavy (non-hydrogen) atoms. The highest BCUT2D eigenvalue weighted by Crippen LogP contribution is 2.60. The highest BCUT2D eigenvalue weighted by atomic mass is 16.5. The van der Waals surface area contributed by atoms with Crippen LogP contribution in [0.5, 0.6) is 0 Å². The van der Waals surface area contributed by atoms with E-state index in [0.717, 1.165) is 38.7 Å². The summed E-state index contributed by atoms with van der Waals surface area (Å²) in [5.74, 6) is 2.42. The lowest BCUT2D eigenvalue weighted by molar-refractivity contribution is -0.160. The monoisotopic (exact) mass is 387 g/mol. The number of anilines is 1. The van der Waals surface area contributed by atoms with Gasteiger partial charge in [0.05, 0.1) is 11.5 Å². The van der Waals surface area contributed by atoms with E-state index in [2.05, 4.69) is 10.5 Å². The Morgan fingerprint density at radius 2 is 1.89 bits per heavy atom. The van der Waals surface area contributed by atoms with Gasteiger partial charge in [-0.3, -0.25) is 9.59 Å². The summed E-state index contributed by atoms with van der Waals surface area (Å²) in [5.41, 5.74) is -0.248. The zero-order valence-corrected chi connectivity index (χ0v) is 16.3. The largest absolute Gasteiger partial charge is 0.376 e. The highest BCUT2D eigenvalue weighted by molar-refractivity contribution is 5.94. The topological polar surface area (TPSA) is 84.7 Å². The molecule has 0 spiro atoms. The van der Waals surface area contributed by atoms with Crippen LogP contribution in [0.3, 0.4) is 0 Å². The molecule has 1 atom stereocenters. The maximum atomic E-state index is 13.8. The average molecular weight is 387 g/mol. The van der Waals surface area contributed by atoms with Crippen molar-refractivity contribution in [2.45, 2.75) is 57.5 Å². The van der Waals surface area contributed by atoms with Crippen molar-refractivity contribution in [3.05, 3.63) is 12.3 Å². The van der Waals surface area contributed by atoms with Crippen LogP contribution in [0.4, 0.5) is 5.82 Å². The maximum absolute atomic E-state index is 13.8. The van der Waals surface area contributed by atoms with E-state index in [4.69, 9.17) is 9.26 Å². The van der Waals surface area contributed by atoms with Gasteiger partial charge >= 0.3 is 0 Å². The summed E-state index contributed by atoms with van der Waals surface area (Å²) in [7, 11) is 0. The van der Waals surface area contributed by atoms with Crippen molar-refractivity contribution in [2.75, 3.05) is 25.0 Å². The molecule has 1 aliphatic heterocycles. The summed E-state index contributed by atoms with van der Waals surface area (Å²) in [4.78, 5) is 28.2. The second-order valence-electron chi connectivity index (χ2n) is 9.45. The minimum atomic E-state index is -0.248. The molecule has 5 aliphatic rings. The molecule has 152 valence electrons. The van der Waals surface area contributed by atoms with Gasteiger partial charge < -0.3 is 19.5 Å². The molecule has 1 N–H and O–H groups in total. The smallest absolute Gasteiger partial charge is 0.245 e. The van der Waals surface area contributed by atoms with E-state index in [-0.39, 0.29) is 29.9 Å². The van der Waals surface area contributed by atoms with Crippen LogP contribution < -0.4 is 5.32 Å². The fourth-order valence-corrected chi connectivity index (χ4v) is 6.59. The van der Waals surface area contributed by atoms with Crippen molar-refractivity contribution in [3.63, 3.8) is 0 Å². The van der Waals surface area contributed by atoms with Gasteiger partial charge in [-0.15, -0.1) is 0 Å². The Labute approximate surface area is 165 Å². The lowest BCUT2D eigenvalue weighted by atomic mass is 9.49. The van der Waals surface area contributed by atoms with E-state index in [9.17, 15) is 9.59 Å². The molecule has 2 amide bonds. The third kappa shape index (κ3) is 3.45. The number of carbonyl (C=O) groups excluding carboxylic acids is 2. The van der Waals surface area contributed by atoms with Crippen molar-refractivity contribution in [1.29, 1.82) is 0 Å². The van der Waals surface area contributed by atoms with E-state index in [0.29, 0.717) is 30.1 Å². The number of ether oxygens (including phenoxy) is 1. The van der Waals surface area contributed by atoms with E-state index in [1.54, 1.807) is 11.0 Å². The zero-order valence-electron chi connectivity index (χ0n) is 16.3. The second-order valence-corrected chi connectivity index (χ2v) is 9.45. The van der Waals surface area contributed by atoms with E-state index in [1.165, 1.54) is 25.5 Å². The number of aromatic nitrogens is 1. The van der Waals surface area contributed by atoms with Gasteiger partial charge in [0, 0.05) is 19.2 Å². The lowest BCUT2D eigenvalue weighted by Crippen LogP contribution is -2.56. The van der Waals surface area contributed by atoms with Crippen LogP contribution in [0.25, 0.3) is 0 Å². The zero-order chi connectivity index (χ0) is 19.1. The fourth-order valence-electron chi connectivity index (χ4n) is 6.59. The number of rotatable bonds is 6. The first kappa shape index (κ1) is 18.2. The van der Waals surface area contributed by atoms with Crippen molar-refractivity contribution >= 4 is 17.6 Å². The Hall–Kier alpha value is -1.89. The van der Waals surface area contributed by atoms with Crippen LogP contribution >= 0.6 is 0 Å². The molecule has 4 aliphatic carbocycles. The minimum Gasteiger partial charge on any atom is -0.376 e. The quantitative estimate of drug-likeness (QED) is 0.811. The molecule has 6 rings (SSSR count). The number of carbonyl (C=O) groups is 2. The standard InChI is InChI=1S/C21H29N3O4/c25-19(22-18-3-5-28-23-18)13-24(12-17-2-1-4-27-17)20(26)21-9-14-6-15(10-21)8-16(7-14)11-21/h3,5,14-17H,1-2,4,6-13H2,(H,22,23,25). The first-order valence-electron chi connectivity index (χ1n) is 10.7. The molecule has 1 aromatic rings. The third-order valence-corrected chi connectivity index (χ3v) is 7.27. The van der Waals surface area contributed by atoms with E-state index in [1.807, 2.05) is 0 Å². The first-order valence-corrected chi connectivity index (χ1v) is 10.7. The lowest BCUT2D eigenvalue weighted by Gasteiger charge is -2.56. The van der Waals surface area contributed by atoms with Gasteiger partial charge in [0.2, 0.25) is 11.8 Å². The van der Waals surface area contributed by atoms with E-state index < -0.39 is 0 Å². The van der Waals surface area contributed by atoms with Crippen molar-refractivity contribution in [2.24, 2.45) is 23.2 Å². The number of hydrogen-bond donors (Lipinski definition) is 1. The summed E-state index contributed by atoms with van der Waals surface area (Å²) in [5, 5.41) is 6.46. The number of nitrogens with zero attached hydrogens (tertiary/aromatic N) is 2. The highest BCUT2D eigenvalue weighted by Gasteiger charge is 2.55. The number of amides is 2. The van der Waals surface area contributed by atoms with Crippen LogP contribution in [0.15, 0.2) is 16.9 Å². The van der Waals surface area contributed by atoms with Crippen LogP contribution in [-0.4, -0.2) is 47.7 Å². The van der Waals surface area contributed by atoms with Crippen LogP contribution in [0.1, 0.15) is 51.4 Å². The van der Waals surface area contributed by atoms with Crippen molar-refractivity contribution < 1.29 is 18.8 Å². The Morgan fingerprint density at radius 3 is 2.46 bits per heavy atom. The van der Waals surface area contributed by atoms with Gasteiger partial charge in [0.25, 0.3) is 0 Å².